The van der Waals surface area contributed by atoms with Crippen LogP contribution >= 0.6 is 7.82 Å². The first-order valence-corrected chi connectivity index (χ1v) is 8.62. The molecule has 148 valence electrons. The average molecular weight is 408 g/mol. The first-order chi connectivity index (χ1) is 12.5. The number of imidazole rings is 1. The van der Waals surface area contributed by atoms with Gasteiger partial charge in [0.2, 0.25) is 12.1 Å². The first-order valence-electron chi connectivity index (χ1n) is 7.09. The smallest absolute Gasteiger partial charge is 0.387 e. The Balaban J connectivity index is 2.11. The molecule has 1 saturated heterocycles. The van der Waals surface area contributed by atoms with Gasteiger partial charge in [-0.25, -0.2) is 14.1 Å². The minimum absolute atomic E-state index is 0.356. The van der Waals surface area contributed by atoms with Crippen LogP contribution in [0.1, 0.15) is 0 Å². The van der Waals surface area contributed by atoms with Crippen LogP contribution < -0.4 is 11.3 Å². The summed E-state index contributed by atoms with van der Waals surface area (Å²) in [7, 11) is -4.98. The Hall–Kier alpha value is -2.46. The minimum atomic E-state index is -4.98. The summed E-state index contributed by atoms with van der Waals surface area (Å²) in [5.41, 5.74) is 3.83. The van der Waals surface area contributed by atoms with Gasteiger partial charge in [0.1, 0.15) is 18.5 Å². The molecule has 0 unspecified atom stereocenters. The van der Waals surface area contributed by atoms with Crippen LogP contribution in [0.4, 0.5) is 5.95 Å². The van der Waals surface area contributed by atoms with E-state index in [4.69, 9.17) is 20.3 Å². The summed E-state index contributed by atoms with van der Waals surface area (Å²) in [6.07, 6.45) is -5.14. The number of ether oxygens (including phenoxy) is 1. The highest BCUT2D eigenvalue weighted by Crippen LogP contribution is 2.41. The van der Waals surface area contributed by atoms with Crippen molar-refractivity contribution in [2.24, 2.45) is 0 Å². The second kappa shape index (κ2) is 6.31. The molecular weight excluding hydrogens is 395 g/mol. The minimum Gasteiger partial charge on any atom is -0.387 e. The molecule has 1 aliphatic rings. The van der Waals surface area contributed by atoms with E-state index in [9.17, 15) is 29.7 Å². The van der Waals surface area contributed by atoms with Gasteiger partial charge in [0.15, 0.2) is 11.2 Å². The molecule has 1 aliphatic heterocycles. The van der Waals surface area contributed by atoms with Gasteiger partial charge in [-0.2, -0.15) is 4.98 Å². The third kappa shape index (κ3) is 3.08. The van der Waals surface area contributed by atoms with E-state index in [1.54, 1.807) is 0 Å². The fraction of sp³-hybridized carbons (Fsp3) is 0.500. The van der Waals surface area contributed by atoms with Crippen molar-refractivity contribution in [3.63, 3.8) is 0 Å². The van der Waals surface area contributed by atoms with Crippen LogP contribution in [-0.4, -0.2) is 69.4 Å². The zero-order chi connectivity index (χ0) is 20.1. The van der Waals surface area contributed by atoms with Gasteiger partial charge in [0, 0.05) is 0 Å². The van der Waals surface area contributed by atoms with E-state index in [1.807, 2.05) is 0 Å². The second-order valence-electron chi connectivity index (χ2n) is 5.53. The summed E-state index contributed by atoms with van der Waals surface area (Å²) >= 11 is 0. The normalized spacial score (nSPS) is 28.7. The standard InChI is InChI=1S/C10H13N6O10P/c11-9-13-7-4(8(19)14-9)12-2-15(7)10(16(20)21)6(18)5(17)3(26-10)1-25-27(22,23)24/h2-3,5-6,17-18H,1H2,(H2,22,23,24)(H3,11,13,14,19)/t3-,5-,6-,10-/m1/s1. The van der Waals surface area contributed by atoms with Crippen LogP contribution in [0.15, 0.2) is 11.1 Å². The molecule has 7 N–H and O–H groups in total. The number of nitrogens with zero attached hydrogens (tertiary/aromatic N) is 4. The van der Waals surface area contributed by atoms with E-state index in [-0.39, 0.29) is 5.52 Å². The molecule has 0 aliphatic carbocycles. The number of rotatable bonds is 5. The molecular formula is C10H13N6O10P. The van der Waals surface area contributed by atoms with Gasteiger partial charge < -0.3 is 25.7 Å². The fourth-order valence-electron chi connectivity index (χ4n) is 2.69. The van der Waals surface area contributed by atoms with Crippen LogP contribution in [0.2, 0.25) is 0 Å². The maximum Gasteiger partial charge on any atom is 0.469 e. The number of aliphatic hydroxyl groups is 2. The van der Waals surface area contributed by atoms with E-state index in [2.05, 4.69) is 19.5 Å². The highest BCUT2D eigenvalue weighted by atomic mass is 31.2. The van der Waals surface area contributed by atoms with Gasteiger partial charge in [-0.15, -0.1) is 0 Å². The molecule has 3 rings (SSSR count). The summed E-state index contributed by atoms with van der Waals surface area (Å²) in [5.74, 6) is -3.31. The van der Waals surface area contributed by atoms with Gasteiger partial charge >= 0.3 is 13.7 Å². The number of H-pyrrole nitrogens is 1. The number of hydrogen-bond acceptors (Lipinski definition) is 11. The third-order valence-electron chi connectivity index (χ3n) is 3.85. The number of fused-ring (bicyclic) bond motifs is 1. The molecule has 0 radical (unpaired) electrons. The summed E-state index contributed by atoms with van der Waals surface area (Å²) in [5, 5.41) is 32.1. The number of anilines is 1. The zero-order valence-corrected chi connectivity index (χ0v) is 14.0. The van der Waals surface area contributed by atoms with Crippen molar-refractivity contribution in [3.05, 3.63) is 26.8 Å². The van der Waals surface area contributed by atoms with Crippen molar-refractivity contribution in [2.75, 3.05) is 12.3 Å². The lowest BCUT2D eigenvalue weighted by molar-refractivity contribution is -0.671. The Labute approximate surface area is 147 Å². The topological polar surface area (TPSA) is 249 Å². The van der Waals surface area contributed by atoms with E-state index in [1.165, 1.54) is 0 Å². The molecule has 3 heterocycles. The molecule has 2 aromatic heterocycles. The molecule has 2 aromatic rings. The highest BCUT2D eigenvalue weighted by Gasteiger charge is 2.66. The maximum atomic E-state index is 11.8. The number of phosphoric ester groups is 1. The van der Waals surface area contributed by atoms with Gasteiger partial charge in [-0.05, 0) is 0 Å². The van der Waals surface area contributed by atoms with Crippen molar-refractivity contribution in [3.8, 4) is 0 Å². The third-order valence-corrected chi connectivity index (χ3v) is 4.34. The van der Waals surface area contributed by atoms with Crippen molar-refractivity contribution in [2.45, 2.75) is 24.2 Å². The molecule has 16 nitrogen and oxygen atoms in total. The van der Waals surface area contributed by atoms with Crippen molar-refractivity contribution in [1.29, 1.82) is 0 Å². The second-order valence-corrected chi connectivity index (χ2v) is 6.77. The molecule has 0 bridgehead atoms. The van der Waals surface area contributed by atoms with E-state index < -0.39 is 60.7 Å². The summed E-state index contributed by atoms with van der Waals surface area (Å²) in [4.78, 5) is 49.5. The monoisotopic (exact) mass is 408 g/mol. The van der Waals surface area contributed by atoms with E-state index >= 15 is 0 Å². The lowest BCUT2D eigenvalue weighted by atomic mass is 10.1. The van der Waals surface area contributed by atoms with Gasteiger partial charge in [0.25, 0.3) is 5.56 Å². The molecule has 17 heteroatoms. The zero-order valence-electron chi connectivity index (χ0n) is 13.1. The van der Waals surface area contributed by atoms with Crippen molar-refractivity contribution in [1.82, 2.24) is 19.5 Å². The van der Waals surface area contributed by atoms with Crippen LogP contribution in [-0.2, 0) is 19.7 Å². The van der Waals surface area contributed by atoms with Crippen molar-refractivity contribution < 1.29 is 38.7 Å². The van der Waals surface area contributed by atoms with Gasteiger partial charge in [-0.1, -0.05) is 0 Å². The molecule has 27 heavy (non-hydrogen) atoms. The molecule has 4 atom stereocenters. The molecule has 1 fully saturated rings. The number of hydrogen-bond donors (Lipinski definition) is 6. The molecule has 0 amide bonds. The quantitative estimate of drug-likeness (QED) is 0.162. The van der Waals surface area contributed by atoms with Crippen molar-refractivity contribution >= 4 is 24.9 Å². The number of nitrogens with one attached hydrogen (secondary N) is 1. The number of aromatic nitrogens is 4. The predicted molar refractivity (Wildman–Crippen MR) is 82.4 cm³/mol. The number of nitrogens with two attached hydrogens (primary N) is 1. The Bertz CT molecular complexity index is 1000. The maximum absolute atomic E-state index is 11.8. The Morgan fingerprint density at radius 2 is 2.19 bits per heavy atom. The highest BCUT2D eigenvalue weighted by molar-refractivity contribution is 7.46. The van der Waals surface area contributed by atoms with E-state index in [0.717, 1.165) is 6.33 Å². The van der Waals surface area contributed by atoms with Crippen LogP contribution in [0, 0.1) is 10.1 Å². The summed E-state index contributed by atoms with van der Waals surface area (Å²) in [6, 6.07) is 0. The first kappa shape index (κ1) is 19.3. The van der Waals surface area contributed by atoms with Crippen LogP contribution in [0.5, 0.6) is 0 Å². The fourth-order valence-corrected chi connectivity index (χ4v) is 3.03. The molecule has 0 aromatic carbocycles. The molecule has 0 saturated carbocycles. The Morgan fingerprint density at radius 1 is 1.52 bits per heavy atom. The number of nitro groups is 1. The van der Waals surface area contributed by atoms with Crippen LogP contribution in [0.25, 0.3) is 11.2 Å². The average Bonchev–Trinajstić information content (AvgIpc) is 3.07. The Morgan fingerprint density at radius 3 is 2.78 bits per heavy atom. The van der Waals surface area contributed by atoms with Gasteiger partial charge in [-0.3, -0.25) is 29.2 Å². The lowest BCUT2D eigenvalue weighted by Gasteiger charge is -2.24. The van der Waals surface area contributed by atoms with Gasteiger partial charge in [0.05, 0.1) is 11.5 Å². The summed E-state index contributed by atoms with van der Waals surface area (Å²) < 4.78 is 20.7. The number of phosphoric acid groups is 1. The SMILES string of the molecule is Nc1nc2c(ncn2[C@]2([N+](=O)[O-])O[C@H](COP(=O)(O)O)[C@@H](O)[C@H]2O)c(=O)[nH]1. The van der Waals surface area contributed by atoms with Crippen LogP contribution in [0.3, 0.4) is 0 Å². The Kier molecular flexibility index (Phi) is 4.51. The predicted octanol–water partition coefficient (Wildman–Crippen LogP) is -3.18. The number of aromatic amines is 1. The largest absolute Gasteiger partial charge is 0.469 e. The number of nitrogen functional groups attached to an aromatic ring is 1. The summed E-state index contributed by atoms with van der Waals surface area (Å²) in [6.45, 7) is -0.971. The van der Waals surface area contributed by atoms with E-state index in [0.29, 0.717) is 4.57 Å². The molecule has 0 spiro atoms. The number of aliphatic hydroxyl groups excluding tert-OH is 2. The lowest BCUT2D eigenvalue weighted by Crippen LogP contribution is -2.51.